The van der Waals surface area contributed by atoms with E-state index in [2.05, 4.69) is 0 Å². The number of ether oxygens (including phenoxy) is 2. The molecule has 0 saturated carbocycles. The number of hydrogen-bond acceptors (Lipinski definition) is 6. The molecule has 1 unspecified atom stereocenters. The zero-order chi connectivity index (χ0) is 26.2. The molecule has 2 N–H and O–H groups in total. The number of carbonyl (C=O) groups excluding carboxylic acids is 2. The molecule has 0 aliphatic carbocycles. The third-order valence-corrected chi connectivity index (χ3v) is 6.32. The first-order valence-electron chi connectivity index (χ1n) is 11.5. The summed E-state index contributed by atoms with van der Waals surface area (Å²) in [5.74, 6) is -1.38. The van der Waals surface area contributed by atoms with E-state index in [0.29, 0.717) is 22.6 Å². The first-order chi connectivity index (χ1) is 17.1. The van der Waals surface area contributed by atoms with E-state index in [4.69, 9.17) is 9.47 Å². The highest BCUT2D eigenvalue weighted by atomic mass is 16.5. The molecule has 0 bridgehead atoms. The number of aliphatic hydroxyl groups is 1. The van der Waals surface area contributed by atoms with Crippen LogP contribution in [0.4, 0.5) is 5.69 Å². The Labute approximate surface area is 210 Å². The maximum absolute atomic E-state index is 13.5. The number of ketones is 1. The van der Waals surface area contributed by atoms with Gasteiger partial charge in [-0.1, -0.05) is 51.1 Å². The number of phenols is 1. The van der Waals surface area contributed by atoms with Gasteiger partial charge in [0.15, 0.2) is 0 Å². The predicted octanol–water partition coefficient (Wildman–Crippen LogP) is 5.33. The van der Waals surface area contributed by atoms with Gasteiger partial charge in [-0.2, -0.15) is 0 Å². The largest absolute Gasteiger partial charge is 0.507 e. The first-order valence-corrected chi connectivity index (χ1v) is 11.5. The number of phenolic OH excluding ortho intramolecular Hbond substituents is 1. The standard InChI is InChI=1S/C29H29NO6/c1-29(2,3)18-13-14-23(36-5)20(16-18)26(32)24-25(17-9-8-10-19(15-17)35-4)30(28(34)27(24)33)21-11-6-7-12-22(21)31/h6-16,25,31-32H,1-5H3/b26-24+. The number of hydrogen-bond donors (Lipinski definition) is 2. The number of anilines is 1. The van der Waals surface area contributed by atoms with Crippen molar-refractivity contribution >= 4 is 23.1 Å². The quantitative estimate of drug-likeness (QED) is 0.287. The number of carbonyl (C=O) groups is 2. The summed E-state index contributed by atoms with van der Waals surface area (Å²) in [6.07, 6.45) is 0. The van der Waals surface area contributed by atoms with E-state index in [1.807, 2.05) is 26.8 Å². The van der Waals surface area contributed by atoms with Crippen molar-refractivity contribution in [3.63, 3.8) is 0 Å². The van der Waals surface area contributed by atoms with Gasteiger partial charge in [0.1, 0.15) is 23.0 Å². The van der Waals surface area contributed by atoms with Crippen LogP contribution in [0.5, 0.6) is 17.2 Å². The molecule has 7 heteroatoms. The second-order valence-electron chi connectivity index (χ2n) is 9.60. The summed E-state index contributed by atoms with van der Waals surface area (Å²) in [4.78, 5) is 28.1. The zero-order valence-electron chi connectivity index (χ0n) is 20.9. The number of nitrogens with zero attached hydrogens (tertiary/aromatic N) is 1. The molecule has 0 radical (unpaired) electrons. The van der Waals surface area contributed by atoms with E-state index in [-0.39, 0.29) is 28.2 Å². The molecule has 4 rings (SSSR count). The van der Waals surface area contributed by atoms with Gasteiger partial charge >= 0.3 is 0 Å². The van der Waals surface area contributed by atoms with Crippen molar-refractivity contribution < 1.29 is 29.3 Å². The molecule has 1 atom stereocenters. The Morgan fingerprint density at radius 1 is 0.917 bits per heavy atom. The summed E-state index contributed by atoms with van der Waals surface area (Å²) in [6.45, 7) is 6.10. The van der Waals surface area contributed by atoms with Gasteiger partial charge in [0.25, 0.3) is 11.7 Å². The Balaban J connectivity index is 2.03. The van der Waals surface area contributed by atoms with Gasteiger partial charge in [-0.3, -0.25) is 14.5 Å². The summed E-state index contributed by atoms with van der Waals surface area (Å²) in [7, 11) is 2.99. The van der Waals surface area contributed by atoms with Gasteiger partial charge in [0, 0.05) is 0 Å². The van der Waals surface area contributed by atoms with E-state index in [9.17, 15) is 19.8 Å². The SMILES string of the molecule is COc1cccc(C2/C(=C(\O)c3cc(C(C)(C)C)ccc3OC)C(=O)C(=O)N2c2ccccc2O)c1. The van der Waals surface area contributed by atoms with Crippen LogP contribution in [-0.2, 0) is 15.0 Å². The lowest BCUT2D eigenvalue weighted by molar-refractivity contribution is -0.132. The van der Waals surface area contributed by atoms with Crippen LogP contribution in [-0.4, -0.2) is 36.1 Å². The normalized spacial score (nSPS) is 17.4. The van der Waals surface area contributed by atoms with Crippen LogP contribution in [0.15, 0.2) is 72.3 Å². The van der Waals surface area contributed by atoms with E-state index in [1.54, 1.807) is 54.6 Å². The van der Waals surface area contributed by atoms with Crippen LogP contribution in [0.2, 0.25) is 0 Å². The molecule has 0 spiro atoms. The number of aromatic hydroxyl groups is 1. The van der Waals surface area contributed by atoms with Crippen LogP contribution >= 0.6 is 0 Å². The highest BCUT2D eigenvalue weighted by molar-refractivity contribution is 6.52. The highest BCUT2D eigenvalue weighted by Crippen LogP contribution is 2.46. The van der Waals surface area contributed by atoms with Crippen LogP contribution < -0.4 is 14.4 Å². The molecule has 186 valence electrons. The second kappa shape index (κ2) is 9.41. The molecule has 3 aromatic carbocycles. The number of Topliss-reactive ketones (excluding diaryl/α,β-unsaturated/α-hetero) is 1. The maximum atomic E-state index is 13.5. The zero-order valence-corrected chi connectivity index (χ0v) is 20.9. The number of benzene rings is 3. The summed E-state index contributed by atoms with van der Waals surface area (Å²) in [6, 6.07) is 17.6. The molecule has 7 nitrogen and oxygen atoms in total. The fourth-order valence-electron chi connectivity index (χ4n) is 4.38. The van der Waals surface area contributed by atoms with E-state index >= 15 is 0 Å². The minimum absolute atomic E-state index is 0.110. The smallest absolute Gasteiger partial charge is 0.300 e. The average Bonchev–Trinajstić information content (AvgIpc) is 3.13. The third kappa shape index (κ3) is 4.28. The Bertz CT molecular complexity index is 1370. The molecule has 1 amide bonds. The van der Waals surface area contributed by atoms with E-state index in [1.165, 1.54) is 25.2 Å². The molecule has 0 aromatic heterocycles. The van der Waals surface area contributed by atoms with Crippen LogP contribution in [0.3, 0.4) is 0 Å². The van der Waals surface area contributed by atoms with Crippen molar-refractivity contribution in [2.75, 3.05) is 19.1 Å². The third-order valence-electron chi connectivity index (χ3n) is 6.32. The molecule has 1 fully saturated rings. The topological polar surface area (TPSA) is 96.3 Å². The minimum Gasteiger partial charge on any atom is -0.507 e. The molecular weight excluding hydrogens is 458 g/mol. The Morgan fingerprint density at radius 2 is 1.64 bits per heavy atom. The number of rotatable bonds is 5. The van der Waals surface area contributed by atoms with Crippen LogP contribution in [0, 0.1) is 0 Å². The first kappa shape index (κ1) is 24.9. The minimum atomic E-state index is -1.02. The lowest BCUT2D eigenvalue weighted by Gasteiger charge is -2.26. The fourth-order valence-corrected chi connectivity index (χ4v) is 4.38. The lowest BCUT2D eigenvalue weighted by atomic mass is 9.85. The average molecular weight is 488 g/mol. The van der Waals surface area contributed by atoms with Gasteiger partial charge in [0.05, 0.1) is 37.1 Å². The summed E-state index contributed by atoms with van der Waals surface area (Å²) in [5.41, 5.74) is 1.55. The number of methoxy groups -OCH3 is 2. The molecule has 1 heterocycles. The van der Waals surface area contributed by atoms with Gasteiger partial charge in [0.2, 0.25) is 0 Å². The predicted molar refractivity (Wildman–Crippen MR) is 138 cm³/mol. The van der Waals surface area contributed by atoms with Gasteiger partial charge in [-0.05, 0) is 52.9 Å². The van der Waals surface area contributed by atoms with Crippen molar-refractivity contribution in [2.24, 2.45) is 0 Å². The number of amides is 1. The molecule has 3 aromatic rings. The van der Waals surface area contributed by atoms with Crippen LogP contribution in [0.25, 0.3) is 5.76 Å². The molecule has 1 saturated heterocycles. The van der Waals surface area contributed by atoms with E-state index in [0.717, 1.165) is 5.56 Å². The Kier molecular flexibility index (Phi) is 6.50. The number of aliphatic hydroxyl groups excluding tert-OH is 1. The summed E-state index contributed by atoms with van der Waals surface area (Å²) < 4.78 is 10.9. The van der Waals surface area contributed by atoms with Crippen molar-refractivity contribution in [2.45, 2.75) is 32.2 Å². The van der Waals surface area contributed by atoms with Crippen molar-refractivity contribution in [1.29, 1.82) is 0 Å². The number of para-hydroxylation sites is 2. The molecular formula is C29H29NO6. The van der Waals surface area contributed by atoms with Gasteiger partial charge in [-0.15, -0.1) is 0 Å². The lowest BCUT2D eigenvalue weighted by Crippen LogP contribution is -2.29. The summed E-state index contributed by atoms with van der Waals surface area (Å²) >= 11 is 0. The Hall–Kier alpha value is -4.26. The Morgan fingerprint density at radius 3 is 2.28 bits per heavy atom. The van der Waals surface area contributed by atoms with Crippen molar-refractivity contribution in [3.8, 4) is 17.2 Å². The van der Waals surface area contributed by atoms with Crippen molar-refractivity contribution in [1.82, 2.24) is 0 Å². The maximum Gasteiger partial charge on any atom is 0.300 e. The van der Waals surface area contributed by atoms with E-state index < -0.39 is 17.7 Å². The highest BCUT2D eigenvalue weighted by Gasteiger charge is 2.48. The molecule has 1 aliphatic heterocycles. The van der Waals surface area contributed by atoms with Crippen molar-refractivity contribution in [3.05, 3.63) is 89.0 Å². The molecule has 1 aliphatic rings. The fraction of sp³-hybridized carbons (Fsp3) is 0.241. The van der Waals surface area contributed by atoms with Gasteiger partial charge in [-0.25, -0.2) is 0 Å². The monoisotopic (exact) mass is 487 g/mol. The second-order valence-corrected chi connectivity index (χ2v) is 9.60. The molecule has 36 heavy (non-hydrogen) atoms. The van der Waals surface area contributed by atoms with Crippen LogP contribution in [0.1, 0.15) is 43.5 Å². The van der Waals surface area contributed by atoms with Gasteiger partial charge < -0.3 is 19.7 Å². The summed E-state index contributed by atoms with van der Waals surface area (Å²) in [5, 5.41) is 22.2.